The summed E-state index contributed by atoms with van der Waals surface area (Å²) < 4.78 is 2.04. The molecule has 0 bridgehead atoms. The van der Waals surface area contributed by atoms with Gasteiger partial charge in [0.25, 0.3) is 0 Å². The van der Waals surface area contributed by atoms with Crippen LogP contribution in [-0.4, -0.2) is 46.0 Å². The monoisotopic (exact) mass is 355 g/mol. The summed E-state index contributed by atoms with van der Waals surface area (Å²) in [7, 11) is 0. The Morgan fingerprint density at radius 2 is 1.81 bits per heavy atom. The van der Waals surface area contributed by atoms with Crippen molar-refractivity contribution in [3.63, 3.8) is 0 Å². The Kier molecular flexibility index (Phi) is 5.42. The van der Waals surface area contributed by atoms with Crippen molar-refractivity contribution < 1.29 is 5.11 Å². The lowest BCUT2D eigenvalue weighted by molar-refractivity contribution is 0.252. The number of nitrogens with zero attached hydrogens (tertiary/aromatic N) is 3. The molecule has 0 unspecified atom stereocenters. The number of aliphatic imine (C=N–C) groups is 1. The van der Waals surface area contributed by atoms with E-state index in [9.17, 15) is 5.11 Å². The molecular weight excluding hydrogens is 322 g/mol. The zero-order valence-corrected chi connectivity index (χ0v) is 17.1. The first kappa shape index (κ1) is 19.0. The average Bonchev–Trinajstić information content (AvgIpc) is 2.85. The van der Waals surface area contributed by atoms with Crippen LogP contribution >= 0.6 is 0 Å². The molecular formula is C22H33N3O. The number of aromatic nitrogens is 1. The molecule has 1 aliphatic heterocycles. The molecule has 26 heavy (non-hydrogen) atoms. The summed E-state index contributed by atoms with van der Waals surface area (Å²) in [6, 6.07) is 7.32. The van der Waals surface area contributed by atoms with Crippen LogP contribution in [0.25, 0.3) is 10.9 Å². The Balaban J connectivity index is 2.16. The molecule has 0 saturated carbocycles. The smallest absolute Gasteiger partial charge is 0.201 e. The highest BCUT2D eigenvalue weighted by atomic mass is 16.3. The molecule has 1 aromatic heterocycles. The predicted molar refractivity (Wildman–Crippen MR) is 111 cm³/mol. The highest BCUT2D eigenvalue weighted by Crippen LogP contribution is 2.36. The van der Waals surface area contributed by atoms with E-state index in [1.54, 1.807) is 0 Å². The summed E-state index contributed by atoms with van der Waals surface area (Å²) >= 11 is 0. The van der Waals surface area contributed by atoms with Gasteiger partial charge in [0.2, 0.25) is 5.88 Å². The first-order valence-electron chi connectivity index (χ1n) is 9.93. The topological polar surface area (TPSA) is 40.8 Å². The molecule has 2 heterocycles. The molecule has 4 nitrogen and oxygen atoms in total. The molecule has 0 fully saturated rings. The maximum absolute atomic E-state index is 11.1. The Labute approximate surface area is 157 Å². The SMILES string of the molecule is CC(C)Cc1ccc2c(c1)c(C1=NCCN(C(C)C)C1)c(O)n2C(C)C. The second-order valence-corrected chi connectivity index (χ2v) is 8.50. The number of fused-ring (bicyclic) bond motifs is 1. The van der Waals surface area contributed by atoms with Crippen LogP contribution in [0.2, 0.25) is 0 Å². The summed E-state index contributed by atoms with van der Waals surface area (Å²) in [4.78, 5) is 7.24. The van der Waals surface area contributed by atoms with Crippen LogP contribution in [0.1, 0.15) is 58.7 Å². The summed E-state index contributed by atoms with van der Waals surface area (Å²) in [5.74, 6) is 0.973. The van der Waals surface area contributed by atoms with Crippen molar-refractivity contribution in [2.45, 2.75) is 60.0 Å². The van der Waals surface area contributed by atoms with E-state index >= 15 is 0 Å². The molecule has 142 valence electrons. The van der Waals surface area contributed by atoms with Crippen molar-refractivity contribution in [1.29, 1.82) is 0 Å². The lowest BCUT2D eigenvalue weighted by Gasteiger charge is -2.29. The van der Waals surface area contributed by atoms with Crippen molar-refractivity contribution in [3.05, 3.63) is 29.3 Å². The fourth-order valence-electron chi connectivity index (χ4n) is 3.99. The van der Waals surface area contributed by atoms with Crippen molar-refractivity contribution in [1.82, 2.24) is 9.47 Å². The van der Waals surface area contributed by atoms with Crippen LogP contribution in [0, 0.1) is 5.92 Å². The Morgan fingerprint density at radius 3 is 2.42 bits per heavy atom. The molecule has 1 aromatic carbocycles. The zero-order chi connectivity index (χ0) is 19.0. The zero-order valence-electron chi connectivity index (χ0n) is 17.1. The Hall–Kier alpha value is -1.81. The van der Waals surface area contributed by atoms with Crippen LogP contribution in [0.3, 0.4) is 0 Å². The van der Waals surface area contributed by atoms with Crippen LogP contribution < -0.4 is 0 Å². The van der Waals surface area contributed by atoms with Crippen LogP contribution in [0.15, 0.2) is 23.2 Å². The number of rotatable bonds is 5. The van der Waals surface area contributed by atoms with Gasteiger partial charge in [-0.1, -0.05) is 19.9 Å². The molecule has 0 amide bonds. The second-order valence-electron chi connectivity index (χ2n) is 8.50. The second kappa shape index (κ2) is 7.43. The lowest BCUT2D eigenvalue weighted by atomic mass is 9.99. The third kappa shape index (κ3) is 3.52. The van der Waals surface area contributed by atoms with Gasteiger partial charge in [-0.25, -0.2) is 0 Å². The van der Waals surface area contributed by atoms with Gasteiger partial charge in [-0.15, -0.1) is 0 Å². The van der Waals surface area contributed by atoms with Crippen LogP contribution in [-0.2, 0) is 6.42 Å². The van der Waals surface area contributed by atoms with Crippen molar-refractivity contribution in [3.8, 4) is 5.88 Å². The van der Waals surface area contributed by atoms with E-state index in [4.69, 9.17) is 4.99 Å². The summed E-state index contributed by atoms with van der Waals surface area (Å²) in [5.41, 5.74) is 4.38. The molecule has 1 aliphatic rings. The molecule has 0 spiro atoms. The van der Waals surface area contributed by atoms with Gasteiger partial charge in [0.1, 0.15) is 0 Å². The summed E-state index contributed by atoms with van der Waals surface area (Å²) in [6.07, 6.45) is 1.05. The minimum Gasteiger partial charge on any atom is -0.494 e. The first-order valence-corrected chi connectivity index (χ1v) is 9.93. The molecule has 0 radical (unpaired) electrons. The molecule has 1 N–H and O–H groups in total. The van der Waals surface area contributed by atoms with Gasteiger partial charge in [-0.3, -0.25) is 9.89 Å². The number of hydrogen-bond donors (Lipinski definition) is 1. The van der Waals surface area contributed by atoms with E-state index in [0.29, 0.717) is 17.8 Å². The van der Waals surface area contributed by atoms with Crippen LogP contribution in [0.4, 0.5) is 0 Å². The molecule has 2 aromatic rings. The van der Waals surface area contributed by atoms with E-state index in [1.807, 2.05) is 4.57 Å². The summed E-state index contributed by atoms with van der Waals surface area (Å²) in [5, 5.41) is 12.2. The van der Waals surface area contributed by atoms with Gasteiger partial charge < -0.3 is 9.67 Å². The normalized spacial score (nSPS) is 16.3. The minimum absolute atomic E-state index is 0.201. The van der Waals surface area contributed by atoms with E-state index in [-0.39, 0.29) is 6.04 Å². The predicted octanol–water partition coefficient (Wildman–Crippen LogP) is 4.64. The minimum atomic E-state index is 0.201. The van der Waals surface area contributed by atoms with E-state index < -0.39 is 0 Å². The van der Waals surface area contributed by atoms with E-state index in [1.165, 1.54) is 5.56 Å². The van der Waals surface area contributed by atoms with Gasteiger partial charge in [0.05, 0.1) is 23.3 Å². The van der Waals surface area contributed by atoms with Crippen LogP contribution in [0.5, 0.6) is 5.88 Å². The van der Waals surface area contributed by atoms with Gasteiger partial charge in [-0.2, -0.15) is 0 Å². The Bertz CT molecular complexity index is 814. The highest BCUT2D eigenvalue weighted by molar-refractivity contribution is 6.14. The molecule has 0 aliphatic carbocycles. The fraction of sp³-hybridized carbons (Fsp3) is 0.591. The van der Waals surface area contributed by atoms with Gasteiger partial charge >= 0.3 is 0 Å². The Morgan fingerprint density at radius 1 is 1.08 bits per heavy atom. The van der Waals surface area contributed by atoms with Gasteiger partial charge in [0.15, 0.2) is 0 Å². The lowest BCUT2D eigenvalue weighted by Crippen LogP contribution is -2.41. The molecule has 0 saturated heterocycles. The largest absolute Gasteiger partial charge is 0.494 e. The number of aromatic hydroxyl groups is 1. The maximum Gasteiger partial charge on any atom is 0.201 e. The number of benzene rings is 1. The first-order chi connectivity index (χ1) is 12.3. The van der Waals surface area contributed by atoms with Crippen molar-refractivity contribution >= 4 is 16.6 Å². The van der Waals surface area contributed by atoms with Gasteiger partial charge in [0, 0.05) is 30.6 Å². The average molecular weight is 356 g/mol. The third-order valence-electron chi connectivity index (χ3n) is 5.26. The maximum atomic E-state index is 11.1. The molecule has 3 rings (SSSR count). The highest BCUT2D eigenvalue weighted by Gasteiger charge is 2.26. The third-order valence-corrected chi connectivity index (χ3v) is 5.26. The van der Waals surface area contributed by atoms with Gasteiger partial charge in [-0.05, 0) is 57.7 Å². The quantitative estimate of drug-likeness (QED) is 0.849. The standard InChI is InChI=1S/C22H33N3O/c1-14(2)11-17-7-8-20-18(12-17)21(22(26)25(20)16(5)6)19-13-24(15(3)4)10-9-23-19/h7-8,12,14-16,26H,9-11,13H2,1-6H3. The van der Waals surface area contributed by atoms with E-state index in [2.05, 4.69) is 64.6 Å². The van der Waals surface area contributed by atoms with Crippen molar-refractivity contribution in [2.75, 3.05) is 19.6 Å². The summed E-state index contributed by atoms with van der Waals surface area (Å²) in [6.45, 7) is 15.8. The number of hydrogen-bond acceptors (Lipinski definition) is 3. The molecule has 0 atom stereocenters. The van der Waals surface area contributed by atoms with E-state index in [0.717, 1.165) is 48.2 Å². The van der Waals surface area contributed by atoms with Crippen molar-refractivity contribution in [2.24, 2.45) is 10.9 Å². The fourth-order valence-corrected chi connectivity index (χ4v) is 3.99. The molecule has 4 heteroatoms.